The topological polar surface area (TPSA) is 101 Å². The van der Waals surface area contributed by atoms with Crippen molar-refractivity contribution in [3.05, 3.63) is 11.2 Å². The highest BCUT2D eigenvalue weighted by atomic mass is 35.5. The van der Waals surface area contributed by atoms with Gasteiger partial charge in [0, 0.05) is 19.8 Å². The maximum Gasteiger partial charge on any atom is 0.239 e. The van der Waals surface area contributed by atoms with Crippen LogP contribution in [0.1, 0.15) is 0 Å². The summed E-state index contributed by atoms with van der Waals surface area (Å²) in [5.74, 6) is 5.85. The van der Waals surface area contributed by atoms with Crippen molar-refractivity contribution in [3.8, 4) is 0 Å². The van der Waals surface area contributed by atoms with Crippen molar-refractivity contribution in [2.24, 2.45) is 5.84 Å². The molecule has 0 saturated heterocycles. The van der Waals surface area contributed by atoms with Crippen LogP contribution < -0.4 is 16.2 Å². The van der Waals surface area contributed by atoms with Gasteiger partial charge >= 0.3 is 0 Å². The van der Waals surface area contributed by atoms with Crippen LogP contribution in [0, 0.1) is 0 Å². The lowest BCUT2D eigenvalue weighted by molar-refractivity contribution is 0.601. The molecular formula is C8H14ClN5O2S. The summed E-state index contributed by atoms with van der Waals surface area (Å²) in [4.78, 5) is 9.50. The van der Waals surface area contributed by atoms with E-state index in [4.69, 9.17) is 17.4 Å². The molecule has 1 rings (SSSR count). The molecule has 1 aromatic heterocycles. The van der Waals surface area contributed by atoms with Crippen LogP contribution in [0.3, 0.4) is 0 Å². The lowest BCUT2D eigenvalue weighted by Gasteiger charge is -2.18. The summed E-state index contributed by atoms with van der Waals surface area (Å²) in [5, 5.41) is 0.333. The van der Waals surface area contributed by atoms with Gasteiger partial charge in [-0.1, -0.05) is 11.6 Å². The van der Waals surface area contributed by atoms with Gasteiger partial charge in [0.1, 0.15) is 14.9 Å². The number of anilines is 2. The molecule has 0 unspecified atom stereocenters. The van der Waals surface area contributed by atoms with Gasteiger partial charge in [-0.3, -0.25) is 5.43 Å². The largest absolute Gasteiger partial charge is 0.357 e. The van der Waals surface area contributed by atoms with Crippen LogP contribution in [0.25, 0.3) is 0 Å². The molecule has 0 bridgehead atoms. The second kappa shape index (κ2) is 5.48. The van der Waals surface area contributed by atoms with Crippen LogP contribution in [0.15, 0.2) is 6.20 Å². The number of nitrogen functional groups attached to an aromatic ring is 1. The fourth-order valence-corrected chi connectivity index (χ4v) is 1.94. The Labute approximate surface area is 105 Å². The number of halogens is 1. The number of aromatic nitrogens is 2. The van der Waals surface area contributed by atoms with Gasteiger partial charge in [0.15, 0.2) is 5.82 Å². The molecule has 0 saturated carbocycles. The molecule has 0 aliphatic carbocycles. The van der Waals surface area contributed by atoms with Crippen molar-refractivity contribution >= 4 is 33.2 Å². The number of hydrazine groups is 1. The first-order chi connectivity index (χ1) is 7.83. The van der Waals surface area contributed by atoms with Gasteiger partial charge in [0.05, 0.1) is 11.9 Å². The van der Waals surface area contributed by atoms with Crippen LogP contribution in [0.5, 0.6) is 0 Å². The summed E-state index contributed by atoms with van der Waals surface area (Å²) in [7, 11) is -1.33. The predicted octanol–water partition coefficient (Wildman–Crippen LogP) is -0.104. The molecule has 0 atom stereocenters. The lowest BCUT2D eigenvalue weighted by Crippen LogP contribution is -2.26. The number of nitrogens with one attached hydrogen (secondary N) is 1. The van der Waals surface area contributed by atoms with Crippen LogP contribution >= 0.6 is 11.6 Å². The highest BCUT2D eigenvalue weighted by Crippen LogP contribution is 2.22. The molecule has 3 N–H and O–H groups in total. The third kappa shape index (κ3) is 4.33. The molecule has 0 amide bonds. The Morgan fingerprint density at radius 2 is 2.24 bits per heavy atom. The van der Waals surface area contributed by atoms with E-state index in [1.165, 1.54) is 12.5 Å². The fourth-order valence-electron chi connectivity index (χ4n) is 1.10. The summed E-state index contributed by atoms with van der Waals surface area (Å²) in [6.45, 7) is 0.291. The van der Waals surface area contributed by atoms with Crippen molar-refractivity contribution < 1.29 is 8.42 Å². The first-order valence-electron chi connectivity index (χ1n) is 4.71. The molecule has 0 spiro atoms. The standard InChI is InChI=1S/C8H14ClN5O2S/c1-14(3-4-17(2,15)16)7-6(9)5-11-8(12-7)13-10/h5H,3-4,10H2,1-2H3,(H,11,12,13). The lowest BCUT2D eigenvalue weighted by atomic mass is 10.5. The van der Waals surface area contributed by atoms with Gasteiger partial charge < -0.3 is 4.90 Å². The number of nitrogens with zero attached hydrogens (tertiary/aromatic N) is 3. The molecule has 96 valence electrons. The number of sulfone groups is 1. The summed E-state index contributed by atoms with van der Waals surface area (Å²) in [6, 6.07) is 0. The average Bonchev–Trinajstić information content (AvgIpc) is 2.25. The molecule has 0 aliphatic rings. The maximum absolute atomic E-state index is 11.1. The highest BCUT2D eigenvalue weighted by Gasteiger charge is 2.12. The maximum atomic E-state index is 11.1. The Morgan fingerprint density at radius 3 is 2.76 bits per heavy atom. The van der Waals surface area contributed by atoms with Crippen molar-refractivity contribution in [1.82, 2.24) is 9.97 Å². The number of hydrogen-bond donors (Lipinski definition) is 2. The van der Waals surface area contributed by atoms with Crippen LogP contribution in [0.2, 0.25) is 5.02 Å². The molecular weight excluding hydrogens is 266 g/mol. The summed E-state index contributed by atoms with van der Waals surface area (Å²) >= 11 is 5.91. The molecule has 0 aromatic carbocycles. The zero-order chi connectivity index (χ0) is 13.1. The van der Waals surface area contributed by atoms with E-state index in [9.17, 15) is 8.42 Å². The van der Waals surface area contributed by atoms with Crippen molar-refractivity contribution in [1.29, 1.82) is 0 Å². The average molecular weight is 280 g/mol. The van der Waals surface area contributed by atoms with E-state index in [1.807, 2.05) is 0 Å². The molecule has 0 radical (unpaired) electrons. The Balaban J connectivity index is 2.84. The van der Waals surface area contributed by atoms with Gasteiger partial charge in [0.25, 0.3) is 0 Å². The molecule has 7 nitrogen and oxygen atoms in total. The van der Waals surface area contributed by atoms with E-state index in [0.29, 0.717) is 17.4 Å². The third-order valence-corrected chi connectivity index (χ3v) is 3.20. The van der Waals surface area contributed by atoms with E-state index < -0.39 is 9.84 Å². The van der Waals surface area contributed by atoms with E-state index >= 15 is 0 Å². The second-order valence-electron chi connectivity index (χ2n) is 3.56. The van der Waals surface area contributed by atoms with Gasteiger partial charge in [0.2, 0.25) is 5.95 Å². The molecule has 1 heterocycles. The van der Waals surface area contributed by atoms with E-state index in [2.05, 4.69) is 15.4 Å². The molecule has 0 fully saturated rings. The minimum Gasteiger partial charge on any atom is -0.357 e. The first-order valence-corrected chi connectivity index (χ1v) is 7.15. The smallest absolute Gasteiger partial charge is 0.239 e. The Morgan fingerprint density at radius 1 is 1.59 bits per heavy atom. The SMILES string of the molecule is CN(CCS(C)(=O)=O)c1nc(NN)ncc1Cl. The van der Waals surface area contributed by atoms with E-state index in [0.717, 1.165) is 0 Å². The normalized spacial score (nSPS) is 11.3. The predicted molar refractivity (Wildman–Crippen MR) is 67.8 cm³/mol. The number of nitrogens with two attached hydrogens (primary N) is 1. The molecule has 17 heavy (non-hydrogen) atoms. The van der Waals surface area contributed by atoms with E-state index in [-0.39, 0.29) is 11.7 Å². The first kappa shape index (κ1) is 13.9. The van der Waals surface area contributed by atoms with Gasteiger partial charge in [-0.2, -0.15) is 4.98 Å². The van der Waals surface area contributed by atoms with Gasteiger partial charge in [-0.05, 0) is 0 Å². The summed E-state index contributed by atoms with van der Waals surface area (Å²) in [5.41, 5.74) is 2.30. The Hall–Kier alpha value is -1.12. The quantitative estimate of drug-likeness (QED) is 0.573. The van der Waals surface area contributed by atoms with Crippen LogP contribution in [0.4, 0.5) is 11.8 Å². The molecule has 0 aliphatic heterocycles. The Kier molecular flexibility index (Phi) is 4.49. The van der Waals surface area contributed by atoms with Crippen molar-refractivity contribution in [2.45, 2.75) is 0 Å². The van der Waals surface area contributed by atoms with Gasteiger partial charge in [-0.25, -0.2) is 19.2 Å². The highest BCUT2D eigenvalue weighted by molar-refractivity contribution is 7.90. The minimum atomic E-state index is -3.02. The fraction of sp³-hybridized carbons (Fsp3) is 0.500. The molecule has 1 aromatic rings. The van der Waals surface area contributed by atoms with Gasteiger partial charge in [-0.15, -0.1) is 0 Å². The third-order valence-electron chi connectivity index (χ3n) is 2.01. The summed E-state index contributed by atoms with van der Waals surface area (Å²) < 4.78 is 22.1. The zero-order valence-corrected chi connectivity index (χ0v) is 11.1. The summed E-state index contributed by atoms with van der Waals surface area (Å²) in [6.07, 6.45) is 2.57. The van der Waals surface area contributed by atoms with Crippen molar-refractivity contribution in [2.75, 3.05) is 35.9 Å². The van der Waals surface area contributed by atoms with Crippen LogP contribution in [-0.2, 0) is 9.84 Å². The zero-order valence-electron chi connectivity index (χ0n) is 9.51. The van der Waals surface area contributed by atoms with Crippen molar-refractivity contribution in [3.63, 3.8) is 0 Å². The number of rotatable bonds is 5. The number of hydrogen-bond acceptors (Lipinski definition) is 7. The monoisotopic (exact) mass is 279 g/mol. The molecule has 9 heteroatoms. The van der Waals surface area contributed by atoms with Crippen LogP contribution in [-0.4, -0.2) is 44.0 Å². The second-order valence-corrected chi connectivity index (χ2v) is 6.23. The minimum absolute atomic E-state index is 0.0230. The van der Waals surface area contributed by atoms with E-state index in [1.54, 1.807) is 11.9 Å². The Bertz CT molecular complexity index is 493.